The van der Waals surface area contributed by atoms with Gasteiger partial charge in [-0.25, -0.2) is 4.79 Å². The van der Waals surface area contributed by atoms with Gasteiger partial charge in [-0.3, -0.25) is 9.69 Å². The SMILES string of the molecule is O=C[C@@H](NC(=O)CCCC/C=C/c1cccc2c1CN(C(=O)O)C2)C1CCCCC1. The van der Waals surface area contributed by atoms with Crippen LogP contribution in [0, 0.1) is 5.92 Å². The Morgan fingerprint density at radius 2 is 1.97 bits per heavy atom. The maximum absolute atomic E-state index is 12.2. The number of fused-ring (bicyclic) bond motifs is 1. The van der Waals surface area contributed by atoms with Crippen LogP contribution in [0.2, 0.25) is 0 Å². The van der Waals surface area contributed by atoms with Crippen molar-refractivity contribution in [2.24, 2.45) is 5.92 Å². The molecule has 1 aliphatic carbocycles. The van der Waals surface area contributed by atoms with Crippen molar-refractivity contribution in [3.63, 3.8) is 0 Å². The smallest absolute Gasteiger partial charge is 0.407 e. The quantitative estimate of drug-likeness (QED) is 0.461. The van der Waals surface area contributed by atoms with Gasteiger partial charge in [0.1, 0.15) is 6.29 Å². The van der Waals surface area contributed by atoms with Gasteiger partial charge in [-0.05, 0) is 54.7 Å². The normalized spacial score (nSPS) is 17.7. The van der Waals surface area contributed by atoms with Crippen molar-refractivity contribution in [2.45, 2.75) is 76.9 Å². The van der Waals surface area contributed by atoms with E-state index in [1.54, 1.807) is 0 Å². The molecule has 2 N–H and O–H groups in total. The molecule has 3 rings (SSSR count). The number of rotatable bonds is 9. The third-order valence-electron chi connectivity index (χ3n) is 6.24. The van der Waals surface area contributed by atoms with E-state index in [0.717, 1.165) is 67.9 Å². The van der Waals surface area contributed by atoms with Gasteiger partial charge in [-0.15, -0.1) is 0 Å². The molecule has 0 saturated heterocycles. The molecule has 0 bridgehead atoms. The maximum Gasteiger partial charge on any atom is 0.407 e. The van der Waals surface area contributed by atoms with Crippen LogP contribution >= 0.6 is 0 Å². The van der Waals surface area contributed by atoms with Crippen molar-refractivity contribution >= 4 is 24.4 Å². The van der Waals surface area contributed by atoms with E-state index in [1.165, 1.54) is 11.3 Å². The molecular formula is C24H32N2O4. The Morgan fingerprint density at radius 1 is 1.17 bits per heavy atom. The molecule has 2 amide bonds. The Balaban J connectivity index is 1.38. The fourth-order valence-electron chi connectivity index (χ4n) is 4.51. The van der Waals surface area contributed by atoms with E-state index in [-0.39, 0.29) is 11.9 Å². The molecule has 0 radical (unpaired) electrons. The van der Waals surface area contributed by atoms with Crippen LogP contribution in [0.1, 0.15) is 74.5 Å². The summed E-state index contributed by atoms with van der Waals surface area (Å²) in [7, 11) is 0. The zero-order chi connectivity index (χ0) is 21.3. The van der Waals surface area contributed by atoms with Crippen molar-refractivity contribution in [1.29, 1.82) is 0 Å². The van der Waals surface area contributed by atoms with Crippen LogP contribution in [0.5, 0.6) is 0 Å². The molecule has 1 aromatic rings. The van der Waals surface area contributed by atoms with E-state index in [2.05, 4.69) is 17.5 Å². The summed E-state index contributed by atoms with van der Waals surface area (Å²) in [6.45, 7) is 0.883. The van der Waals surface area contributed by atoms with Crippen LogP contribution in [0.15, 0.2) is 24.3 Å². The highest BCUT2D eigenvalue weighted by atomic mass is 16.4. The topological polar surface area (TPSA) is 86.7 Å². The molecule has 2 aliphatic rings. The summed E-state index contributed by atoms with van der Waals surface area (Å²) in [5.41, 5.74) is 3.22. The predicted octanol–water partition coefficient (Wildman–Crippen LogP) is 4.52. The van der Waals surface area contributed by atoms with E-state index in [1.807, 2.05) is 18.2 Å². The average molecular weight is 413 g/mol. The minimum Gasteiger partial charge on any atom is -0.465 e. The third kappa shape index (κ3) is 5.94. The largest absolute Gasteiger partial charge is 0.465 e. The van der Waals surface area contributed by atoms with Crippen molar-refractivity contribution in [3.05, 3.63) is 41.0 Å². The molecule has 162 valence electrons. The lowest BCUT2D eigenvalue weighted by atomic mass is 9.84. The Kier molecular flexibility index (Phi) is 8.05. The first-order chi connectivity index (χ1) is 14.6. The lowest BCUT2D eigenvalue weighted by Crippen LogP contribution is -2.42. The summed E-state index contributed by atoms with van der Waals surface area (Å²) in [6, 6.07) is 5.63. The van der Waals surface area contributed by atoms with Crippen molar-refractivity contribution in [1.82, 2.24) is 10.2 Å². The Labute approximate surface area is 178 Å². The van der Waals surface area contributed by atoms with Crippen LogP contribution in [-0.2, 0) is 22.7 Å². The van der Waals surface area contributed by atoms with Crippen LogP contribution in [0.3, 0.4) is 0 Å². The Hall–Kier alpha value is -2.63. The fraction of sp³-hybridized carbons (Fsp3) is 0.542. The van der Waals surface area contributed by atoms with Crippen molar-refractivity contribution in [3.8, 4) is 0 Å². The van der Waals surface area contributed by atoms with Crippen LogP contribution < -0.4 is 5.32 Å². The van der Waals surface area contributed by atoms with Gasteiger partial charge < -0.3 is 15.2 Å². The van der Waals surface area contributed by atoms with E-state index >= 15 is 0 Å². The highest BCUT2D eigenvalue weighted by molar-refractivity contribution is 5.79. The monoisotopic (exact) mass is 412 g/mol. The van der Waals surface area contributed by atoms with E-state index in [4.69, 9.17) is 0 Å². The lowest BCUT2D eigenvalue weighted by molar-refractivity contribution is -0.125. The molecule has 6 nitrogen and oxygen atoms in total. The van der Waals surface area contributed by atoms with Crippen LogP contribution in [-0.4, -0.2) is 34.3 Å². The first-order valence-electron chi connectivity index (χ1n) is 11.1. The summed E-state index contributed by atoms with van der Waals surface area (Å²) in [5, 5.41) is 12.1. The van der Waals surface area contributed by atoms with Crippen LogP contribution in [0.4, 0.5) is 4.79 Å². The number of carboxylic acid groups (broad SMARTS) is 1. The zero-order valence-electron chi connectivity index (χ0n) is 17.5. The second-order valence-electron chi connectivity index (χ2n) is 8.40. The molecule has 1 aliphatic heterocycles. The van der Waals surface area contributed by atoms with Crippen LogP contribution in [0.25, 0.3) is 6.08 Å². The van der Waals surface area contributed by atoms with Gasteiger partial charge in [0.25, 0.3) is 0 Å². The molecule has 0 spiro atoms. The number of aldehydes is 1. The number of amides is 2. The number of nitrogens with zero attached hydrogens (tertiary/aromatic N) is 1. The Morgan fingerprint density at radius 3 is 2.70 bits per heavy atom. The molecule has 1 heterocycles. The number of hydrogen-bond donors (Lipinski definition) is 2. The average Bonchev–Trinajstić information content (AvgIpc) is 3.20. The maximum atomic E-state index is 12.2. The van der Waals surface area contributed by atoms with Gasteiger partial charge in [-0.2, -0.15) is 0 Å². The van der Waals surface area contributed by atoms with E-state index < -0.39 is 6.09 Å². The van der Waals surface area contributed by atoms with Crippen molar-refractivity contribution < 1.29 is 19.5 Å². The fourth-order valence-corrected chi connectivity index (χ4v) is 4.51. The molecule has 1 atom stereocenters. The number of carbonyl (C=O) groups is 3. The Bertz CT molecular complexity index is 783. The summed E-state index contributed by atoms with van der Waals surface area (Å²) in [6.07, 6.45) is 12.7. The molecular weight excluding hydrogens is 380 g/mol. The number of unbranched alkanes of at least 4 members (excludes halogenated alkanes) is 2. The molecule has 0 unspecified atom stereocenters. The number of benzene rings is 1. The van der Waals surface area contributed by atoms with Gasteiger partial charge in [0.2, 0.25) is 5.91 Å². The molecule has 1 fully saturated rings. The number of hydrogen-bond acceptors (Lipinski definition) is 3. The number of allylic oxidation sites excluding steroid dienone is 1. The predicted molar refractivity (Wildman–Crippen MR) is 116 cm³/mol. The molecule has 6 heteroatoms. The minimum absolute atomic E-state index is 0.0312. The lowest BCUT2D eigenvalue weighted by Gasteiger charge is -2.27. The highest BCUT2D eigenvalue weighted by Gasteiger charge is 2.25. The standard InChI is InChI=1S/C24H32N2O4/c27-17-22(19-10-5-3-6-11-19)25-23(28)14-7-2-1-4-9-18-12-8-13-20-15-26(24(29)30)16-21(18)20/h4,8-9,12-13,17,19,22H,1-3,5-7,10-11,14-16H2,(H,25,28)(H,29,30)/b9-4+/t22-/m1/s1. The highest BCUT2D eigenvalue weighted by Crippen LogP contribution is 2.27. The molecule has 30 heavy (non-hydrogen) atoms. The minimum atomic E-state index is -0.889. The van der Waals surface area contributed by atoms with Gasteiger partial charge in [0, 0.05) is 13.0 Å². The summed E-state index contributed by atoms with van der Waals surface area (Å²) >= 11 is 0. The van der Waals surface area contributed by atoms with E-state index in [9.17, 15) is 19.5 Å². The number of nitrogens with one attached hydrogen (secondary N) is 1. The van der Waals surface area contributed by atoms with Crippen molar-refractivity contribution in [2.75, 3.05) is 0 Å². The second kappa shape index (κ2) is 11.0. The first-order valence-corrected chi connectivity index (χ1v) is 11.1. The summed E-state index contributed by atoms with van der Waals surface area (Å²) in [5.74, 6) is 0.268. The number of carbonyl (C=O) groups excluding carboxylic acids is 2. The molecule has 1 aromatic carbocycles. The summed E-state index contributed by atoms with van der Waals surface area (Å²) < 4.78 is 0. The van der Waals surface area contributed by atoms with Gasteiger partial charge in [0.15, 0.2) is 0 Å². The van der Waals surface area contributed by atoms with Gasteiger partial charge in [0.05, 0.1) is 12.6 Å². The molecule has 1 saturated carbocycles. The van der Waals surface area contributed by atoms with E-state index in [0.29, 0.717) is 25.4 Å². The second-order valence-corrected chi connectivity index (χ2v) is 8.40. The van der Waals surface area contributed by atoms with Gasteiger partial charge >= 0.3 is 6.09 Å². The van der Waals surface area contributed by atoms with Gasteiger partial charge in [-0.1, -0.05) is 49.6 Å². The summed E-state index contributed by atoms with van der Waals surface area (Å²) in [4.78, 5) is 36.2. The molecule has 0 aromatic heterocycles. The first kappa shape index (κ1) is 22.1. The third-order valence-corrected chi connectivity index (χ3v) is 6.24. The zero-order valence-corrected chi connectivity index (χ0v) is 17.5.